The number of anilines is 1. The van der Waals surface area contributed by atoms with Crippen molar-refractivity contribution < 1.29 is 9.53 Å². The summed E-state index contributed by atoms with van der Waals surface area (Å²) in [5.74, 6) is 1.65. The van der Waals surface area contributed by atoms with Gasteiger partial charge in [-0.1, -0.05) is 18.2 Å². The number of ether oxygens (including phenoxy) is 1. The zero-order valence-electron chi connectivity index (χ0n) is 15.7. The predicted molar refractivity (Wildman–Crippen MR) is 118 cm³/mol. The van der Waals surface area contributed by atoms with Gasteiger partial charge >= 0.3 is 0 Å². The van der Waals surface area contributed by atoms with E-state index in [1.54, 1.807) is 30.3 Å². The first-order valence-electron chi connectivity index (χ1n) is 9.28. The van der Waals surface area contributed by atoms with Crippen LogP contribution in [0.1, 0.15) is 9.67 Å². The van der Waals surface area contributed by atoms with Gasteiger partial charge in [0.2, 0.25) is 5.88 Å². The number of carbonyl (C=O) groups is 1. The highest BCUT2D eigenvalue weighted by molar-refractivity contribution is 7.20. The number of nitrogens with zero attached hydrogens (tertiary/aromatic N) is 3. The molecule has 1 amide bonds. The summed E-state index contributed by atoms with van der Waals surface area (Å²) in [6, 6.07) is 22.7. The lowest BCUT2D eigenvalue weighted by Crippen LogP contribution is -2.09. The molecule has 5 rings (SSSR count). The Labute approximate surface area is 176 Å². The molecule has 0 aliphatic heterocycles. The van der Waals surface area contributed by atoms with Crippen molar-refractivity contribution in [1.82, 2.24) is 14.5 Å². The molecule has 7 heteroatoms. The van der Waals surface area contributed by atoms with E-state index in [2.05, 4.69) is 15.3 Å². The van der Waals surface area contributed by atoms with Crippen molar-refractivity contribution in [2.24, 2.45) is 0 Å². The number of rotatable bonds is 5. The minimum Gasteiger partial charge on any atom is -0.439 e. The quantitative estimate of drug-likeness (QED) is 0.412. The third-order valence-electron chi connectivity index (χ3n) is 4.48. The summed E-state index contributed by atoms with van der Waals surface area (Å²) in [6.45, 7) is 0. The zero-order valence-corrected chi connectivity index (χ0v) is 16.5. The Kier molecular flexibility index (Phi) is 4.71. The first-order chi connectivity index (χ1) is 14.7. The van der Waals surface area contributed by atoms with E-state index in [1.807, 2.05) is 59.4 Å². The largest absolute Gasteiger partial charge is 0.439 e. The standard InChI is InChI=1S/C23H16N4O2S/c28-23(20-13-16-5-1-2-6-19(16)30-20)26-17-7-9-18(10-8-17)29-22-14-21(24-15-25-22)27-11-3-4-12-27/h1-15H,(H,26,28). The predicted octanol–water partition coefficient (Wildman–Crippen LogP) is 5.53. The number of carbonyl (C=O) groups excluding carboxylic acids is 1. The van der Waals surface area contributed by atoms with Crippen LogP contribution in [0.4, 0.5) is 5.69 Å². The molecule has 0 spiro atoms. The summed E-state index contributed by atoms with van der Waals surface area (Å²) in [4.78, 5) is 21.6. The van der Waals surface area contributed by atoms with Crippen molar-refractivity contribution in [3.05, 3.63) is 96.4 Å². The number of amides is 1. The van der Waals surface area contributed by atoms with Crippen LogP contribution in [0.15, 0.2) is 91.5 Å². The molecule has 0 fully saturated rings. The van der Waals surface area contributed by atoms with Crippen molar-refractivity contribution in [1.29, 1.82) is 0 Å². The smallest absolute Gasteiger partial charge is 0.265 e. The Morgan fingerprint density at radius 3 is 2.53 bits per heavy atom. The van der Waals surface area contributed by atoms with E-state index in [9.17, 15) is 4.79 Å². The van der Waals surface area contributed by atoms with Gasteiger partial charge < -0.3 is 14.6 Å². The molecule has 6 nitrogen and oxygen atoms in total. The van der Waals surface area contributed by atoms with Gasteiger partial charge in [-0.05, 0) is 53.9 Å². The van der Waals surface area contributed by atoms with Crippen molar-refractivity contribution in [3.63, 3.8) is 0 Å². The molecule has 1 N–H and O–H groups in total. The van der Waals surface area contributed by atoms with Crippen LogP contribution in [0.5, 0.6) is 11.6 Å². The lowest BCUT2D eigenvalue weighted by atomic mass is 10.2. The highest BCUT2D eigenvalue weighted by Crippen LogP contribution is 2.27. The summed E-state index contributed by atoms with van der Waals surface area (Å²) < 4.78 is 8.80. The monoisotopic (exact) mass is 412 g/mol. The highest BCUT2D eigenvalue weighted by Gasteiger charge is 2.11. The summed E-state index contributed by atoms with van der Waals surface area (Å²) in [6.07, 6.45) is 5.27. The Morgan fingerprint density at radius 2 is 1.73 bits per heavy atom. The van der Waals surface area contributed by atoms with Crippen molar-refractivity contribution >= 4 is 33.0 Å². The minimum absolute atomic E-state index is 0.128. The molecule has 0 aliphatic rings. The fourth-order valence-electron chi connectivity index (χ4n) is 3.03. The van der Waals surface area contributed by atoms with Crippen molar-refractivity contribution in [3.8, 4) is 17.4 Å². The molecule has 0 bridgehead atoms. The molecule has 2 aromatic carbocycles. The maximum Gasteiger partial charge on any atom is 0.265 e. The van der Waals surface area contributed by atoms with Crippen LogP contribution in [-0.2, 0) is 0 Å². The van der Waals surface area contributed by atoms with E-state index in [4.69, 9.17) is 4.74 Å². The lowest BCUT2D eigenvalue weighted by molar-refractivity contribution is 0.103. The summed E-state index contributed by atoms with van der Waals surface area (Å²) >= 11 is 1.48. The van der Waals surface area contributed by atoms with E-state index < -0.39 is 0 Å². The van der Waals surface area contributed by atoms with Gasteiger partial charge in [0.15, 0.2) is 0 Å². The number of benzene rings is 2. The van der Waals surface area contributed by atoms with E-state index in [1.165, 1.54) is 17.7 Å². The fraction of sp³-hybridized carbons (Fsp3) is 0. The molecule has 146 valence electrons. The number of fused-ring (bicyclic) bond motifs is 1. The average Bonchev–Trinajstić information content (AvgIpc) is 3.45. The SMILES string of the molecule is O=C(Nc1ccc(Oc2cc(-n3cccc3)ncn2)cc1)c1cc2ccccc2s1. The molecule has 0 radical (unpaired) electrons. The van der Waals surface area contributed by atoms with Gasteiger partial charge in [0.05, 0.1) is 4.88 Å². The molecule has 3 heterocycles. The summed E-state index contributed by atoms with van der Waals surface area (Å²) in [7, 11) is 0. The topological polar surface area (TPSA) is 69.0 Å². The molecule has 0 saturated heterocycles. The maximum absolute atomic E-state index is 12.6. The Hall–Kier alpha value is -3.97. The molecular formula is C23H16N4O2S. The Bertz CT molecular complexity index is 1280. The molecule has 3 aromatic heterocycles. The molecule has 0 unspecified atom stereocenters. The number of aromatic nitrogens is 3. The maximum atomic E-state index is 12.6. The van der Waals surface area contributed by atoms with Gasteiger partial charge in [-0.25, -0.2) is 9.97 Å². The van der Waals surface area contributed by atoms with Gasteiger partial charge in [-0.3, -0.25) is 4.79 Å². The van der Waals surface area contributed by atoms with Crippen LogP contribution in [-0.4, -0.2) is 20.4 Å². The van der Waals surface area contributed by atoms with Gasteiger partial charge in [0, 0.05) is 28.8 Å². The average molecular weight is 412 g/mol. The molecular weight excluding hydrogens is 396 g/mol. The minimum atomic E-state index is -0.128. The van der Waals surface area contributed by atoms with Crippen LogP contribution in [0.25, 0.3) is 15.9 Å². The first-order valence-corrected chi connectivity index (χ1v) is 10.1. The van der Waals surface area contributed by atoms with E-state index in [-0.39, 0.29) is 5.91 Å². The molecule has 0 saturated carbocycles. The van der Waals surface area contributed by atoms with Crippen LogP contribution in [0.3, 0.4) is 0 Å². The first kappa shape index (κ1) is 18.1. The van der Waals surface area contributed by atoms with Crippen molar-refractivity contribution in [2.75, 3.05) is 5.32 Å². The second-order valence-corrected chi connectivity index (χ2v) is 7.62. The third kappa shape index (κ3) is 3.78. The number of nitrogens with one attached hydrogen (secondary N) is 1. The highest BCUT2D eigenvalue weighted by atomic mass is 32.1. The zero-order chi connectivity index (χ0) is 20.3. The van der Waals surface area contributed by atoms with Gasteiger partial charge in [-0.15, -0.1) is 11.3 Å². The van der Waals surface area contributed by atoms with Crippen LogP contribution in [0.2, 0.25) is 0 Å². The molecule has 5 aromatic rings. The molecule has 0 aliphatic carbocycles. The Balaban J connectivity index is 1.27. The molecule has 30 heavy (non-hydrogen) atoms. The van der Waals surface area contributed by atoms with Crippen LogP contribution < -0.4 is 10.1 Å². The van der Waals surface area contributed by atoms with E-state index in [0.717, 1.165) is 15.9 Å². The fourth-order valence-corrected chi connectivity index (χ4v) is 3.99. The third-order valence-corrected chi connectivity index (χ3v) is 5.60. The second-order valence-electron chi connectivity index (χ2n) is 6.53. The number of hydrogen-bond donors (Lipinski definition) is 1. The van der Waals surface area contributed by atoms with Crippen LogP contribution >= 0.6 is 11.3 Å². The normalized spacial score (nSPS) is 10.8. The summed E-state index contributed by atoms with van der Waals surface area (Å²) in [5, 5.41) is 3.99. The van der Waals surface area contributed by atoms with Crippen molar-refractivity contribution in [2.45, 2.75) is 0 Å². The van der Waals surface area contributed by atoms with E-state index >= 15 is 0 Å². The second kappa shape index (κ2) is 7.81. The number of thiophene rings is 1. The summed E-state index contributed by atoms with van der Waals surface area (Å²) in [5.41, 5.74) is 0.695. The van der Waals surface area contributed by atoms with Gasteiger partial charge in [0.1, 0.15) is 17.9 Å². The van der Waals surface area contributed by atoms with Crippen LogP contribution in [0, 0.1) is 0 Å². The lowest BCUT2D eigenvalue weighted by Gasteiger charge is -2.08. The van der Waals surface area contributed by atoms with Gasteiger partial charge in [-0.2, -0.15) is 0 Å². The Morgan fingerprint density at radius 1 is 0.933 bits per heavy atom. The molecule has 0 atom stereocenters. The van der Waals surface area contributed by atoms with Gasteiger partial charge in [0.25, 0.3) is 5.91 Å². The van der Waals surface area contributed by atoms with E-state index in [0.29, 0.717) is 22.2 Å². The number of hydrogen-bond acceptors (Lipinski definition) is 5.